The molecule has 0 unspecified atom stereocenters. The molecule has 0 aliphatic heterocycles. The third-order valence-electron chi connectivity index (χ3n) is 5.49. The van der Waals surface area contributed by atoms with Crippen LogP contribution in [0.15, 0.2) is 34.7 Å². The van der Waals surface area contributed by atoms with Crippen molar-refractivity contribution in [2.45, 2.75) is 39.5 Å². The number of aromatic nitrogens is 1. The van der Waals surface area contributed by atoms with E-state index in [-0.39, 0.29) is 37.0 Å². The first-order valence-corrected chi connectivity index (χ1v) is 12.9. The first-order valence-electron chi connectivity index (χ1n) is 11.0. The third kappa shape index (κ3) is 5.36. The second kappa shape index (κ2) is 10.4. The zero-order valence-corrected chi connectivity index (χ0v) is 20.3. The number of sulfonamides is 1. The molecular formula is C24H31N3O5S. The van der Waals surface area contributed by atoms with Crippen LogP contribution < -0.4 is 9.62 Å². The summed E-state index contributed by atoms with van der Waals surface area (Å²) in [4.78, 5) is 17.4. The number of rotatable bonds is 10. The van der Waals surface area contributed by atoms with E-state index >= 15 is 0 Å². The highest BCUT2D eigenvalue weighted by molar-refractivity contribution is 7.92. The van der Waals surface area contributed by atoms with Crippen molar-refractivity contribution in [3.8, 4) is 11.3 Å². The van der Waals surface area contributed by atoms with E-state index in [4.69, 9.17) is 4.42 Å². The normalized spacial score (nSPS) is 11.7. The zero-order chi connectivity index (χ0) is 24.2. The smallest absolute Gasteiger partial charge is 0.255 e. The molecule has 178 valence electrons. The van der Waals surface area contributed by atoms with Crippen LogP contribution in [0.25, 0.3) is 22.4 Å². The average Bonchev–Trinajstić information content (AvgIpc) is 3.14. The molecule has 0 saturated carbocycles. The summed E-state index contributed by atoms with van der Waals surface area (Å²) in [5, 5.41) is 12.8. The SMILES string of the molecule is CCCCCN(c1nc2oc(-c3ccc(C)cc3)c(C(=O)NC)c2cc1CCO)S(C)(=O)=O. The van der Waals surface area contributed by atoms with Gasteiger partial charge in [0.15, 0.2) is 0 Å². The monoisotopic (exact) mass is 473 g/mol. The minimum atomic E-state index is -3.62. The summed E-state index contributed by atoms with van der Waals surface area (Å²) >= 11 is 0. The number of anilines is 1. The number of carbonyl (C=O) groups is 1. The number of fused-ring (bicyclic) bond motifs is 1. The molecule has 0 spiro atoms. The molecule has 1 aromatic carbocycles. The van der Waals surface area contributed by atoms with Gasteiger partial charge in [-0.15, -0.1) is 0 Å². The number of hydrogen-bond donors (Lipinski definition) is 2. The molecule has 0 radical (unpaired) electrons. The van der Waals surface area contributed by atoms with Crippen molar-refractivity contribution < 1.29 is 22.7 Å². The predicted octanol–water partition coefficient (Wildman–Crippen LogP) is 3.65. The molecule has 0 fully saturated rings. The lowest BCUT2D eigenvalue weighted by Gasteiger charge is -2.23. The van der Waals surface area contributed by atoms with Crippen LogP contribution in [-0.4, -0.2) is 50.9 Å². The van der Waals surface area contributed by atoms with Crippen molar-refractivity contribution in [3.05, 3.63) is 47.0 Å². The lowest BCUT2D eigenvalue weighted by atomic mass is 10.0. The number of aliphatic hydroxyl groups excluding tert-OH is 1. The van der Waals surface area contributed by atoms with Crippen molar-refractivity contribution >= 4 is 32.8 Å². The minimum Gasteiger partial charge on any atom is -0.437 e. The number of unbranched alkanes of at least 4 members (excludes halogenated alkanes) is 2. The fourth-order valence-electron chi connectivity index (χ4n) is 3.77. The van der Waals surface area contributed by atoms with Crippen LogP contribution in [0, 0.1) is 6.92 Å². The van der Waals surface area contributed by atoms with Crippen molar-refractivity contribution in [3.63, 3.8) is 0 Å². The quantitative estimate of drug-likeness (QED) is 0.435. The Balaban J connectivity index is 2.27. The largest absolute Gasteiger partial charge is 0.437 e. The summed E-state index contributed by atoms with van der Waals surface area (Å²) < 4.78 is 32.6. The van der Waals surface area contributed by atoms with E-state index in [0.29, 0.717) is 34.3 Å². The Morgan fingerprint density at radius 1 is 1.21 bits per heavy atom. The van der Waals surface area contributed by atoms with Gasteiger partial charge in [0.2, 0.25) is 15.7 Å². The molecule has 0 aliphatic rings. The molecule has 3 rings (SSSR count). The minimum absolute atomic E-state index is 0.171. The number of hydrogen-bond acceptors (Lipinski definition) is 6. The lowest BCUT2D eigenvalue weighted by molar-refractivity contribution is 0.0964. The van der Waals surface area contributed by atoms with E-state index in [1.165, 1.54) is 11.4 Å². The van der Waals surface area contributed by atoms with Gasteiger partial charge in [0, 0.05) is 25.8 Å². The summed E-state index contributed by atoms with van der Waals surface area (Å²) in [6.45, 7) is 4.10. The summed E-state index contributed by atoms with van der Waals surface area (Å²) in [7, 11) is -2.08. The van der Waals surface area contributed by atoms with Crippen LogP contribution >= 0.6 is 0 Å². The van der Waals surface area contributed by atoms with E-state index < -0.39 is 10.0 Å². The van der Waals surface area contributed by atoms with Crippen LogP contribution in [0.4, 0.5) is 5.82 Å². The second-order valence-electron chi connectivity index (χ2n) is 8.09. The summed E-state index contributed by atoms with van der Waals surface area (Å²) in [6, 6.07) is 9.28. The molecule has 1 amide bonds. The molecule has 2 N–H and O–H groups in total. The molecule has 0 bridgehead atoms. The van der Waals surface area contributed by atoms with Gasteiger partial charge in [-0.1, -0.05) is 49.6 Å². The van der Waals surface area contributed by atoms with E-state index in [9.17, 15) is 18.3 Å². The molecule has 0 atom stereocenters. The maximum Gasteiger partial charge on any atom is 0.255 e. The van der Waals surface area contributed by atoms with Gasteiger partial charge in [0.25, 0.3) is 5.91 Å². The number of carbonyl (C=O) groups excluding carboxylic acids is 1. The Kier molecular flexibility index (Phi) is 7.76. The Labute approximate surface area is 194 Å². The van der Waals surface area contributed by atoms with Gasteiger partial charge < -0.3 is 14.8 Å². The summed E-state index contributed by atoms with van der Waals surface area (Å²) in [6.07, 6.45) is 3.83. The number of nitrogens with zero attached hydrogens (tertiary/aromatic N) is 2. The first-order chi connectivity index (χ1) is 15.7. The average molecular weight is 474 g/mol. The lowest BCUT2D eigenvalue weighted by Crippen LogP contribution is -2.32. The van der Waals surface area contributed by atoms with Crippen LogP contribution in [0.1, 0.15) is 47.7 Å². The van der Waals surface area contributed by atoms with Gasteiger partial charge in [0.1, 0.15) is 11.6 Å². The number of nitrogens with one attached hydrogen (secondary N) is 1. The van der Waals surface area contributed by atoms with E-state index in [0.717, 1.165) is 24.7 Å². The standard InChI is InChI=1S/C24H31N3O5S/c1-5-6-7-13-27(33(4,30)31)22-18(12-14-28)15-19-20(23(29)25-3)21(32-24(19)26-22)17-10-8-16(2)9-11-17/h8-11,15,28H,5-7,12-14H2,1-4H3,(H,25,29). The number of aryl methyl sites for hydroxylation is 1. The van der Waals surface area contributed by atoms with Crippen molar-refractivity contribution in [1.82, 2.24) is 10.3 Å². The molecule has 2 aromatic heterocycles. The Morgan fingerprint density at radius 2 is 1.91 bits per heavy atom. The molecular weight excluding hydrogens is 442 g/mol. The van der Waals surface area contributed by atoms with E-state index in [2.05, 4.69) is 10.3 Å². The molecule has 2 heterocycles. The van der Waals surface area contributed by atoms with E-state index in [1.54, 1.807) is 6.07 Å². The van der Waals surface area contributed by atoms with Gasteiger partial charge in [-0.05, 0) is 31.4 Å². The predicted molar refractivity (Wildman–Crippen MR) is 130 cm³/mol. The highest BCUT2D eigenvalue weighted by Crippen LogP contribution is 2.36. The third-order valence-corrected chi connectivity index (χ3v) is 6.65. The number of amides is 1. The molecule has 0 saturated heterocycles. The number of furan rings is 1. The zero-order valence-electron chi connectivity index (χ0n) is 19.5. The Bertz CT molecular complexity index is 1230. The molecule has 9 heteroatoms. The number of benzene rings is 1. The highest BCUT2D eigenvalue weighted by Gasteiger charge is 2.27. The van der Waals surface area contributed by atoms with Gasteiger partial charge in [0.05, 0.1) is 17.2 Å². The van der Waals surface area contributed by atoms with Crippen molar-refractivity contribution in [2.75, 3.05) is 30.8 Å². The van der Waals surface area contributed by atoms with Crippen LogP contribution in [0.2, 0.25) is 0 Å². The summed E-state index contributed by atoms with van der Waals surface area (Å²) in [5.41, 5.74) is 2.81. The topological polar surface area (TPSA) is 113 Å². The van der Waals surface area contributed by atoms with Gasteiger partial charge in [-0.3, -0.25) is 9.10 Å². The fraction of sp³-hybridized carbons (Fsp3) is 0.417. The van der Waals surface area contributed by atoms with Gasteiger partial charge in [-0.2, -0.15) is 4.98 Å². The van der Waals surface area contributed by atoms with E-state index in [1.807, 2.05) is 38.1 Å². The molecule has 33 heavy (non-hydrogen) atoms. The fourth-order valence-corrected chi connectivity index (χ4v) is 4.70. The van der Waals surface area contributed by atoms with Crippen LogP contribution in [-0.2, 0) is 16.4 Å². The number of pyridine rings is 1. The summed E-state index contributed by atoms with van der Waals surface area (Å²) in [5.74, 6) is 0.250. The maximum atomic E-state index is 12.8. The molecule has 0 aliphatic carbocycles. The maximum absolute atomic E-state index is 12.8. The molecule has 8 nitrogen and oxygen atoms in total. The van der Waals surface area contributed by atoms with Crippen LogP contribution in [0.3, 0.4) is 0 Å². The highest BCUT2D eigenvalue weighted by atomic mass is 32.2. The van der Waals surface area contributed by atoms with Gasteiger partial charge >= 0.3 is 0 Å². The molecule has 3 aromatic rings. The first kappa shape index (κ1) is 24.7. The van der Waals surface area contributed by atoms with Crippen molar-refractivity contribution in [2.24, 2.45) is 0 Å². The Hall–Kier alpha value is -2.91. The number of aliphatic hydroxyl groups is 1. The van der Waals surface area contributed by atoms with Gasteiger partial charge in [-0.25, -0.2) is 8.42 Å². The second-order valence-corrected chi connectivity index (χ2v) is 10.00. The van der Waals surface area contributed by atoms with Crippen LogP contribution in [0.5, 0.6) is 0 Å². The van der Waals surface area contributed by atoms with Crippen molar-refractivity contribution in [1.29, 1.82) is 0 Å². The Morgan fingerprint density at radius 3 is 2.48 bits per heavy atom.